The molecule has 0 aliphatic carbocycles. The number of hydrogen-bond donors (Lipinski definition) is 3. The van der Waals surface area contributed by atoms with Crippen molar-refractivity contribution in [2.45, 2.75) is 32.1 Å². The summed E-state index contributed by atoms with van der Waals surface area (Å²) in [5.74, 6) is -0.354. The van der Waals surface area contributed by atoms with Gasteiger partial charge in [-0.15, -0.1) is 0 Å². The Labute approximate surface area is 184 Å². The van der Waals surface area contributed by atoms with Gasteiger partial charge in [-0.2, -0.15) is 13.2 Å². The van der Waals surface area contributed by atoms with E-state index in [1.54, 1.807) is 13.8 Å². The first kappa shape index (κ1) is 25.4. The molecule has 1 amide bonds. The third-order valence-corrected chi connectivity index (χ3v) is 5.41. The molecule has 12 heteroatoms. The van der Waals surface area contributed by atoms with Crippen molar-refractivity contribution < 1.29 is 36.3 Å². The second-order valence-electron chi connectivity index (χ2n) is 7.26. The lowest BCUT2D eigenvalue weighted by Crippen LogP contribution is -2.53. The number of hydrogen-bond acceptors (Lipinski definition) is 6. The van der Waals surface area contributed by atoms with Crippen LogP contribution in [0.4, 0.5) is 18.9 Å². The largest absolute Gasteiger partial charge is 0.457 e. The van der Waals surface area contributed by atoms with Crippen LogP contribution in [0.3, 0.4) is 0 Å². The molecule has 2 aromatic carbocycles. The van der Waals surface area contributed by atoms with E-state index in [2.05, 4.69) is 5.32 Å². The Morgan fingerprint density at radius 2 is 1.56 bits per heavy atom. The summed E-state index contributed by atoms with van der Waals surface area (Å²) in [4.78, 5) is 11.9. The number of nitrogens with one attached hydrogen (secondary N) is 2. The average molecular weight is 475 g/mol. The second kappa shape index (κ2) is 10.2. The first-order valence-electron chi connectivity index (χ1n) is 9.44. The van der Waals surface area contributed by atoms with Crippen LogP contribution in [-0.2, 0) is 21.0 Å². The maximum absolute atomic E-state index is 12.7. The number of halogens is 3. The number of anilines is 1. The van der Waals surface area contributed by atoms with Crippen LogP contribution in [0.5, 0.6) is 11.5 Å². The molecule has 0 heterocycles. The van der Waals surface area contributed by atoms with Gasteiger partial charge in [0.05, 0.1) is 24.1 Å². The Morgan fingerprint density at radius 1 is 1.06 bits per heavy atom. The Hall–Kier alpha value is -2.83. The van der Waals surface area contributed by atoms with Crippen LogP contribution in [0.15, 0.2) is 48.5 Å². The van der Waals surface area contributed by atoms with Gasteiger partial charge in [-0.05, 0) is 48.5 Å². The third kappa shape index (κ3) is 7.11. The lowest BCUT2D eigenvalue weighted by Gasteiger charge is -2.28. The topological polar surface area (TPSA) is 108 Å². The van der Waals surface area contributed by atoms with E-state index < -0.39 is 33.7 Å². The van der Waals surface area contributed by atoms with Gasteiger partial charge >= 0.3 is 6.18 Å². The molecule has 0 aliphatic rings. The number of hydroxylamine groups is 1. The maximum atomic E-state index is 12.7. The van der Waals surface area contributed by atoms with Gasteiger partial charge in [-0.25, -0.2) is 13.9 Å². The van der Waals surface area contributed by atoms with E-state index in [1.165, 1.54) is 41.9 Å². The molecule has 0 saturated carbocycles. The number of nitrogens with zero attached hydrogens (tertiary/aromatic N) is 1. The molecule has 2 aromatic rings. The second-order valence-corrected chi connectivity index (χ2v) is 9.17. The van der Waals surface area contributed by atoms with Crippen molar-refractivity contribution in [1.82, 2.24) is 10.8 Å². The molecule has 0 saturated heterocycles. The Bertz CT molecular complexity index is 1010. The highest BCUT2D eigenvalue weighted by molar-refractivity contribution is 7.92. The van der Waals surface area contributed by atoms with Crippen LogP contribution in [0.2, 0.25) is 0 Å². The molecule has 8 nitrogen and oxygen atoms in total. The summed E-state index contributed by atoms with van der Waals surface area (Å²) in [6.07, 6.45) is -3.48. The molecule has 0 fully saturated rings. The van der Waals surface area contributed by atoms with Crippen molar-refractivity contribution in [3.8, 4) is 11.5 Å². The number of amides is 1. The first-order valence-corrected chi connectivity index (χ1v) is 11.3. The van der Waals surface area contributed by atoms with Crippen LogP contribution in [0.25, 0.3) is 0 Å². The molecule has 0 bridgehead atoms. The SMILES string of the molecule is CC(C)NC(CN(c1ccc(Oc2ccc(C(F)(F)F)cc2)cc1)S(C)(=O)=O)C(=O)NO. The smallest absolute Gasteiger partial charge is 0.416 e. The summed E-state index contributed by atoms with van der Waals surface area (Å²) in [5, 5.41) is 11.8. The fourth-order valence-electron chi connectivity index (χ4n) is 2.82. The van der Waals surface area contributed by atoms with E-state index in [9.17, 15) is 26.4 Å². The van der Waals surface area contributed by atoms with Crippen LogP contribution in [0, 0.1) is 0 Å². The normalized spacial score (nSPS) is 13.0. The summed E-state index contributed by atoms with van der Waals surface area (Å²) >= 11 is 0. The minimum absolute atomic E-state index is 0.168. The molecule has 0 aromatic heterocycles. The maximum Gasteiger partial charge on any atom is 0.416 e. The monoisotopic (exact) mass is 475 g/mol. The zero-order valence-electron chi connectivity index (χ0n) is 17.6. The summed E-state index contributed by atoms with van der Waals surface area (Å²) < 4.78 is 69.1. The van der Waals surface area contributed by atoms with Crippen LogP contribution >= 0.6 is 0 Å². The van der Waals surface area contributed by atoms with Gasteiger partial charge in [-0.3, -0.25) is 14.3 Å². The van der Waals surface area contributed by atoms with E-state index in [4.69, 9.17) is 9.94 Å². The zero-order chi connectivity index (χ0) is 24.1. The summed E-state index contributed by atoms with van der Waals surface area (Å²) in [5.41, 5.74) is 0.940. The number of rotatable bonds is 9. The van der Waals surface area contributed by atoms with E-state index in [-0.39, 0.29) is 29.8 Å². The van der Waals surface area contributed by atoms with Gasteiger partial charge in [0.2, 0.25) is 10.0 Å². The lowest BCUT2D eigenvalue weighted by molar-refractivity contribution is -0.137. The highest BCUT2D eigenvalue weighted by Crippen LogP contribution is 2.32. The highest BCUT2D eigenvalue weighted by Gasteiger charge is 2.30. The predicted octanol–water partition coefficient (Wildman–Crippen LogP) is 3.14. The van der Waals surface area contributed by atoms with Crippen molar-refractivity contribution in [3.05, 3.63) is 54.1 Å². The Balaban J connectivity index is 2.22. The Morgan fingerprint density at radius 3 is 1.97 bits per heavy atom. The molecule has 0 spiro atoms. The van der Waals surface area contributed by atoms with E-state index in [0.717, 1.165) is 22.7 Å². The summed E-state index contributed by atoms with van der Waals surface area (Å²) in [7, 11) is -3.80. The number of benzene rings is 2. The van der Waals surface area contributed by atoms with Gasteiger partial charge in [0.25, 0.3) is 5.91 Å². The van der Waals surface area contributed by atoms with E-state index >= 15 is 0 Å². The number of ether oxygens (including phenoxy) is 1. The van der Waals surface area contributed by atoms with Crippen molar-refractivity contribution >= 4 is 21.6 Å². The van der Waals surface area contributed by atoms with Crippen LogP contribution < -0.4 is 19.8 Å². The van der Waals surface area contributed by atoms with Crippen molar-refractivity contribution in [2.75, 3.05) is 17.1 Å². The molecule has 3 N–H and O–H groups in total. The molecule has 0 aliphatic heterocycles. The lowest BCUT2D eigenvalue weighted by atomic mass is 10.2. The van der Waals surface area contributed by atoms with Crippen LogP contribution in [-0.4, -0.2) is 44.4 Å². The molecule has 0 radical (unpaired) electrons. The van der Waals surface area contributed by atoms with E-state index in [1.807, 2.05) is 0 Å². The molecule has 2 rings (SSSR count). The van der Waals surface area contributed by atoms with Gasteiger partial charge in [-0.1, -0.05) is 13.8 Å². The number of carbonyl (C=O) groups excluding carboxylic acids is 1. The third-order valence-electron chi connectivity index (χ3n) is 4.25. The minimum atomic E-state index is -4.45. The minimum Gasteiger partial charge on any atom is -0.457 e. The fraction of sp³-hybridized carbons (Fsp3) is 0.350. The Kier molecular flexibility index (Phi) is 8.10. The van der Waals surface area contributed by atoms with Crippen molar-refractivity contribution in [2.24, 2.45) is 0 Å². The summed E-state index contributed by atoms with van der Waals surface area (Å²) in [6.45, 7) is 3.23. The standard InChI is InChI=1S/C20H24F3N3O5S/c1-13(2)24-18(19(27)25-28)12-26(32(3,29)30)15-6-10-17(11-7-15)31-16-8-4-14(5-9-16)20(21,22)23/h4-11,13,18,24,28H,12H2,1-3H3,(H,25,27). The predicted molar refractivity (Wildman–Crippen MR) is 112 cm³/mol. The van der Waals surface area contributed by atoms with Gasteiger partial charge < -0.3 is 10.1 Å². The average Bonchev–Trinajstić information content (AvgIpc) is 2.70. The van der Waals surface area contributed by atoms with Gasteiger partial charge in [0, 0.05) is 6.04 Å². The highest BCUT2D eigenvalue weighted by atomic mass is 32.2. The van der Waals surface area contributed by atoms with Crippen molar-refractivity contribution in [3.63, 3.8) is 0 Å². The fourth-order valence-corrected chi connectivity index (χ4v) is 3.74. The molecule has 32 heavy (non-hydrogen) atoms. The number of alkyl halides is 3. The zero-order valence-corrected chi connectivity index (χ0v) is 18.4. The van der Waals surface area contributed by atoms with Crippen molar-refractivity contribution in [1.29, 1.82) is 0 Å². The molecule has 1 unspecified atom stereocenters. The first-order chi connectivity index (χ1) is 14.8. The van der Waals surface area contributed by atoms with Gasteiger partial charge in [0.15, 0.2) is 0 Å². The number of sulfonamides is 1. The van der Waals surface area contributed by atoms with Gasteiger partial charge in [0.1, 0.15) is 17.5 Å². The summed E-state index contributed by atoms with van der Waals surface area (Å²) in [6, 6.07) is 8.70. The molecular formula is C20H24F3N3O5S. The molecule has 176 valence electrons. The molecule has 1 atom stereocenters. The van der Waals surface area contributed by atoms with E-state index in [0.29, 0.717) is 0 Å². The number of carbonyl (C=O) groups is 1. The molecular weight excluding hydrogens is 451 g/mol. The van der Waals surface area contributed by atoms with Crippen LogP contribution in [0.1, 0.15) is 19.4 Å². The quantitative estimate of drug-likeness (QED) is 0.380.